The third-order valence-electron chi connectivity index (χ3n) is 5.96. The first-order valence-corrected chi connectivity index (χ1v) is 13.0. The van der Waals surface area contributed by atoms with Crippen molar-refractivity contribution in [2.75, 3.05) is 26.4 Å². The number of hydrazine groups is 1. The first-order chi connectivity index (χ1) is 18.9. The summed E-state index contributed by atoms with van der Waals surface area (Å²) in [6.45, 7) is 9.30. The summed E-state index contributed by atoms with van der Waals surface area (Å²) in [7, 11) is 0. The molecule has 3 rings (SSSR count). The van der Waals surface area contributed by atoms with Gasteiger partial charge in [-0.05, 0) is 50.1 Å². The Hall–Kier alpha value is -3.89. The average molecular weight is 537 g/mol. The van der Waals surface area contributed by atoms with Gasteiger partial charge in [0.15, 0.2) is 11.6 Å². The summed E-state index contributed by atoms with van der Waals surface area (Å²) in [4.78, 5) is 21.5. The Morgan fingerprint density at radius 1 is 1.26 bits per heavy atom. The van der Waals surface area contributed by atoms with E-state index >= 15 is 0 Å². The molecular weight excluding hydrogens is 500 g/mol. The van der Waals surface area contributed by atoms with Gasteiger partial charge >= 0.3 is 0 Å². The summed E-state index contributed by atoms with van der Waals surface area (Å²) in [6, 6.07) is 14.1. The van der Waals surface area contributed by atoms with Crippen LogP contribution in [-0.2, 0) is 14.3 Å². The molecule has 0 saturated carbocycles. The number of aliphatic imine (C=N–C) groups is 1. The van der Waals surface area contributed by atoms with Crippen molar-refractivity contribution < 1.29 is 24.1 Å². The molecule has 0 unspecified atom stereocenters. The highest BCUT2D eigenvalue weighted by molar-refractivity contribution is 6.01. The first kappa shape index (κ1) is 29.7. The Kier molecular flexibility index (Phi) is 11.3. The van der Waals surface area contributed by atoms with Gasteiger partial charge in [0.25, 0.3) is 5.91 Å². The smallest absolute Gasteiger partial charge is 0.266 e. The van der Waals surface area contributed by atoms with E-state index in [0.29, 0.717) is 55.2 Å². The monoisotopic (exact) mass is 536 g/mol. The molecule has 3 N–H and O–H groups in total. The van der Waals surface area contributed by atoms with Gasteiger partial charge in [0, 0.05) is 54.3 Å². The highest BCUT2D eigenvalue weighted by Gasteiger charge is 2.53. The lowest BCUT2D eigenvalue weighted by molar-refractivity contribution is -0.129. The van der Waals surface area contributed by atoms with Crippen molar-refractivity contribution in [2.24, 2.45) is 10.1 Å². The zero-order valence-corrected chi connectivity index (χ0v) is 22.4. The number of carbonyl (C=O) groups is 1. The van der Waals surface area contributed by atoms with E-state index in [2.05, 4.69) is 27.5 Å². The fourth-order valence-electron chi connectivity index (χ4n) is 4.09. The molecular formula is C28H36N6O5. The van der Waals surface area contributed by atoms with Crippen LogP contribution >= 0.6 is 0 Å². The van der Waals surface area contributed by atoms with Crippen LogP contribution in [0.5, 0.6) is 5.75 Å². The quantitative estimate of drug-likeness (QED) is 0.0709. The number of amides is 1. The van der Waals surface area contributed by atoms with Crippen LogP contribution < -0.4 is 15.6 Å². The van der Waals surface area contributed by atoms with E-state index in [-0.39, 0.29) is 25.0 Å². The highest BCUT2D eigenvalue weighted by Crippen LogP contribution is 2.45. The van der Waals surface area contributed by atoms with Crippen LogP contribution in [0, 0.1) is 0 Å². The Morgan fingerprint density at radius 3 is 2.72 bits per heavy atom. The van der Waals surface area contributed by atoms with Gasteiger partial charge in [-0.25, -0.2) is 10.4 Å². The molecule has 1 aliphatic heterocycles. The first-order valence-electron chi connectivity index (χ1n) is 13.0. The molecule has 1 aliphatic rings. The van der Waals surface area contributed by atoms with E-state index in [1.165, 1.54) is 0 Å². The molecule has 0 radical (unpaired) electrons. The minimum atomic E-state index is -1.42. The number of carbonyl (C=O) groups excluding carboxylic acids is 1. The van der Waals surface area contributed by atoms with Crippen molar-refractivity contribution in [2.45, 2.75) is 50.9 Å². The topological polar surface area (TPSA) is 150 Å². The molecule has 1 amide bonds. The molecule has 0 fully saturated rings. The molecule has 2 aromatic carbocycles. The van der Waals surface area contributed by atoms with Gasteiger partial charge in [-0.15, -0.1) is 6.58 Å². The number of rotatable bonds is 16. The fraction of sp³-hybridized carbons (Fsp3) is 0.429. The van der Waals surface area contributed by atoms with Crippen LogP contribution in [0.4, 0.5) is 5.69 Å². The molecule has 11 heteroatoms. The van der Waals surface area contributed by atoms with Crippen LogP contribution in [0.1, 0.15) is 50.3 Å². The van der Waals surface area contributed by atoms with Gasteiger partial charge in [-0.1, -0.05) is 35.5 Å². The average Bonchev–Trinajstić information content (AvgIpc) is 3.32. The van der Waals surface area contributed by atoms with E-state index in [1.54, 1.807) is 54.6 Å². The predicted molar refractivity (Wildman–Crippen MR) is 149 cm³/mol. The van der Waals surface area contributed by atoms with Gasteiger partial charge in [-0.3, -0.25) is 10.2 Å². The van der Waals surface area contributed by atoms with Crippen molar-refractivity contribution in [1.29, 1.82) is 0 Å². The molecule has 0 aliphatic carbocycles. The summed E-state index contributed by atoms with van der Waals surface area (Å²) in [5.41, 5.74) is 15.0. The summed E-state index contributed by atoms with van der Waals surface area (Å²) < 4.78 is 17.5. The minimum Gasteiger partial charge on any atom is -0.494 e. The largest absolute Gasteiger partial charge is 0.494 e. The molecule has 2 atom stereocenters. The van der Waals surface area contributed by atoms with Gasteiger partial charge < -0.3 is 19.3 Å². The number of nitrogens with zero attached hydrogens (tertiary/aromatic N) is 4. The van der Waals surface area contributed by atoms with Gasteiger partial charge in [0.1, 0.15) is 5.75 Å². The van der Waals surface area contributed by atoms with Crippen molar-refractivity contribution in [3.05, 3.63) is 82.8 Å². The maximum atomic E-state index is 13.7. The maximum absolute atomic E-state index is 13.7. The predicted octanol–water partition coefficient (Wildman–Crippen LogP) is 4.66. The van der Waals surface area contributed by atoms with Crippen molar-refractivity contribution in [3.8, 4) is 5.75 Å². The summed E-state index contributed by atoms with van der Waals surface area (Å²) in [5, 5.41) is 12.8. The van der Waals surface area contributed by atoms with E-state index in [0.717, 1.165) is 0 Å². The molecule has 11 nitrogen and oxygen atoms in total. The molecule has 0 saturated heterocycles. The zero-order chi connectivity index (χ0) is 28.1. The molecule has 0 spiro atoms. The molecule has 2 aromatic rings. The Morgan fingerprint density at radius 2 is 2.03 bits per heavy atom. The number of aliphatic hydroxyl groups excluding tert-OH is 1. The lowest BCUT2D eigenvalue weighted by Crippen LogP contribution is -2.52. The number of nitrogens with one attached hydrogen (secondary N) is 2. The molecule has 39 heavy (non-hydrogen) atoms. The van der Waals surface area contributed by atoms with Crippen molar-refractivity contribution in [1.82, 2.24) is 10.9 Å². The molecule has 0 aromatic heterocycles. The number of benzene rings is 2. The second-order valence-corrected chi connectivity index (χ2v) is 9.18. The van der Waals surface area contributed by atoms with E-state index < -0.39 is 17.6 Å². The van der Waals surface area contributed by atoms with Crippen LogP contribution in [0.2, 0.25) is 0 Å². The molecule has 208 valence electrons. The molecule has 1 heterocycles. The van der Waals surface area contributed by atoms with Crippen LogP contribution in [0.15, 0.2) is 71.3 Å². The SMILES string of the molecule is C=CC[C@]1(C(=O)NNCCCOC(C)C)N=C(c2ccc(OCCCO)cc2)O[C@H]1c1ccccc1N=[N+]=[N-]. The third kappa shape index (κ3) is 7.81. The second-order valence-electron chi connectivity index (χ2n) is 9.18. The van der Waals surface area contributed by atoms with E-state index in [1.807, 2.05) is 13.8 Å². The van der Waals surface area contributed by atoms with Gasteiger partial charge in [0.05, 0.1) is 12.7 Å². The van der Waals surface area contributed by atoms with Crippen molar-refractivity contribution >= 4 is 17.5 Å². The van der Waals surface area contributed by atoms with E-state index in [4.69, 9.17) is 29.8 Å². The second kappa shape index (κ2) is 14.9. The zero-order valence-electron chi connectivity index (χ0n) is 22.4. The number of aliphatic hydroxyl groups is 1. The number of hydrogen-bond donors (Lipinski definition) is 3. The van der Waals surface area contributed by atoms with Crippen molar-refractivity contribution in [3.63, 3.8) is 0 Å². The van der Waals surface area contributed by atoms with Crippen LogP contribution in [0.25, 0.3) is 10.4 Å². The summed E-state index contributed by atoms with van der Waals surface area (Å²) in [5.74, 6) is 0.489. The van der Waals surface area contributed by atoms with Gasteiger partial charge in [0.2, 0.25) is 5.90 Å². The molecule has 0 bridgehead atoms. The number of azide groups is 1. The summed E-state index contributed by atoms with van der Waals surface area (Å²) in [6.07, 6.45) is 2.26. The van der Waals surface area contributed by atoms with Crippen LogP contribution in [-0.4, -0.2) is 54.9 Å². The van der Waals surface area contributed by atoms with E-state index in [9.17, 15) is 4.79 Å². The Balaban J connectivity index is 1.92. The Labute approximate surface area is 228 Å². The summed E-state index contributed by atoms with van der Waals surface area (Å²) >= 11 is 0. The lowest BCUT2D eigenvalue weighted by Gasteiger charge is -2.30. The lowest BCUT2D eigenvalue weighted by atomic mass is 9.84. The van der Waals surface area contributed by atoms with Gasteiger partial charge in [-0.2, -0.15) is 0 Å². The minimum absolute atomic E-state index is 0.0511. The normalized spacial score (nSPS) is 18.2. The third-order valence-corrected chi connectivity index (χ3v) is 5.96. The fourth-order valence-corrected chi connectivity index (χ4v) is 4.09. The Bertz CT molecular complexity index is 1180. The number of ether oxygens (including phenoxy) is 3. The standard InChI is InChI=1S/C28H36N6O5/c1-4-15-28(27(36)33-30-16-7-18-37-20(2)3)25(23-9-5-6-10-24(23)32-34-29)39-26(31-28)21-11-13-22(14-12-21)38-19-8-17-35/h4-6,9-14,20,25,30,35H,1,7-8,15-19H2,2-3H3,(H,33,36)/t25-,28-/m0/s1. The van der Waals surface area contributed by atoms with Crippen LogP contribution in [0.3, 0.4) is 0 Å². The number of hydrogen-bond acceptors (Lipinski definition) is 8. The highest BCUT2D eigenvalue weighted by atomic mass is 16.5. The maximum Gasteiger partial charge on any atom is 0.266 e.